The Morgan fingerprint density at radius 2 is 0.448 bits per heavy atom. The second-order valence-electron chi connectivity index (χ2n) is 25.4. The summed E-state index contributed by atoms with van der Waals surface area (Å²) in [4.78, 5) is 0. The van der Waals surface area contributed by atoms with Crippen molar-refractivity contribution >= 4 is 113 Å². The van der Waals surface area contributed by atoms with Gasteiger partial charge in [-0.3, -0.25) is 0 Å². The molecule has 18 rings (SSSR count). The van der Waals surface area contributed by atoms with Crippen LogP contribution < -0.4 is 24.8 Å². The summed E-state index contributed by atoms with van der Waals surface area (Å²) in [5.74, 6) is 0. The van der Waals surface area contributed by atoms with Crippen molar-refractivity contribution < 1.29 is 48.1 Å². The quantitative estimate of drug-likeness (QED) is 0.0727. The van der Waals surface area contributed by atoms with Gasteiger partial charge in [0.25, 0.3) is 0 Å². The molecule has 0 aliphatic rings. The number of rotatable bonds is 10. The summed E-state index contributed by atoms with van der Waals surface area (Å²) >= 11 is 1.74. The first kappa shape index (κ1) is 63.9. The van der Waals surface area contributed by atoms with Crippen LogP contribution in [0.15, 0.2) is 328 Å². The average molecular weight is 1360 g/mol. The van der Waals surface area contributed by atoms with Crippen LogP contribution in [-0.2, 0) is 49.0 Å². The molecule has 0 aromatic heterocycles. The molecule has 18 aromatic rings. The van der Waals surface area contributed by atoms with Crippen molar-refractivity contribution in [2.24, 2.45) is 0 Å². The van der Waals surface area contributed by atoms with Crippen molar-refractivity contribution in [2.45, 2.75) is 38.8 Å². The molecule has 0 aliphatic heterocycles. The maximum atomic E-state index is 2.47. The minimum Gasteiger partial charge on any atom is -1.00 e. The van der Waals surface area contributed by atoms with Crippen LogP contribution in [0.1, 0.15) is 22.3 Å². The Kier molecular flexibility index (Phi) is 18.7. The van der Waals surface area contributed by atoms with Gasteiger partial charge in [-0.05, 0) is 170 Å². The summed E-state index contributed by atoms with van der Waals surface area (Å²) in [7, 11) is 0. The van der Waals surface area contributed by atoms with Crippen molar-refractivity contribution in [2.75, 3.05) is 0 Å². The number of hydrogen-bond donors (Lipinski definition) is 0. The molecule has 0 saturated carbocycles. The minimum atomic E-state index is 0. The van der Waals surface area contributed by atoms with Crippen molar-refractivity contribution in [1.29, 1.82) is 0 Å². The number of fused-ring (bicyclic) bond motifs is 10. The summed E-state index contributed by atoms with van der Waals surface area (Å²) in [5.41, 5.74) is 16.2. The summed E-state index contributed by atoms with van der Waals surface area (Å²) in [6.07, 6.45) is 4.06. The molecule has 0 aliphatic carbocycles. The average Bonchev–Trinajstić information content (AvgIpc) is 1.40. The molecule has 0 atom stereocenters. The van der Waals surface area contributed by atoms with Crippen LogP contribution in [0.5, 0.6) is 0 Å². The van der Waals surface area contributed by atoms with Crippen LogP contribution in [-0.4, -0.2) is 5.43 Å². The van der Waals surface area contributed by atoms with Gasteiger partial charge in [0.2, 0.25) is 0 Å². The zero-order valence-corrected chi connectivity index (χ0v) is 58.7. The molecule has 0 saturated heterocycles. The van der Waals surface area contributed by atoms with Crippen LogP contribution in [0.4, 0.5) is 0 Å². The van der Waals surface area contributed by atoms with Gasteiger partial charge in [-0.15, -0.1) is 44.8 Å². The molecule has 0 bridgehead atoms. The van der Waals surface area contributed by atoms with E-state index in [9.17, 15) is 0 Å². The van der Waals surface area contributed by atoms with Crippen LogP contribution in [0.25, 0.3) is 152 Å². The standard InChI is InChI=1S/2C45H31.C2H6Si.2ClH.Zr/c2*1-2-12-30(13-3-1)22-23-31-26-42-40(44-36-18-8-4-14-32(36)28-33-15-5-9-19-37(33)44)24-25-41(43(42)27-31)45-38-20-10-6-16-34(38)29-35-17-7-11-21-39(35)45;1-3-2;;;/h2*1-21,24-29H,22-23H2;1-2H3;2*1H;/q2*-1;;;;+2/p-2. The first-order valence-corrected chi connectivity index (χ1v) is 39.2. The molecule has 0 fully saturated rings. The topological polar surface area (TPSA) is 0 Å². The number of aryl methyl sites for hydroxylation is 4. The van der Waals surface area contributed by atoms with E-state index in [2.05, 4.69) is 341 Å². The third-order valence-electron chi connectivity index (χ3n) is 19.1. The van der Waals surface area contributed by atoms with E-state index in [1.54, 1.807) is 23.3 Å². The molecule has 0 spiro atoms. The zero-order chi connectivity index (χ0) is 63.1. The van der Waals surface area contributed by atoms with Crippen molar-refractivity contribution in [3.05, 3.63) is 350 Å². The molecule has 4 heteroatoms. The Bertz CT molecular complexity index is 5030. The first-order valence-electron chi connectivity index (χ1n) is 33.0. The maximum Gasteiger partial charge on any atom is -0.0107 e. The smallest absolute Gasteiger partial charge is 0.0107 e. The number of halogens is 2. The molecular formula is C92H68Cl2SiZr-2. The SMILES string of the molecule is C[Si](C)=[Zr+2].[Cl-].[Cl-].c1ccc(CCc2cc3c(-c4c5ccccc5cc5ccccc45)ccc(-c4c5ccccc5cc5ccccc45)c3[cH-]2)cc1.c1ccc(CCc2cc3c(-c4c5ccccc5cc5ccccc45)ccc(-c4c5ccccc5cc5ccccc45)c3[cH-]2)cc1. The van der Waals surface area contributed by atoms with Gasteiger partial charge in [-0.1, -0.05) is 301 Å². The van der Waals surface area contributed by atoms with Gasteiger partial charge in [-0.25, -0.2) is 0 Å². The van der Waals surface area contributed by atoms with E-state index in [0.29, 0.717) is 0 Å². The predicted molar refractivity (Wildman–Crippen MR) is 406 cm³/mol. The van der Waals surface area contributed by atoms with Gasteiger partial charge in [0, 0.05) is 0 Å². The van der Waals surface area contributed by atoms with Gasteiger partial charge >= 0.3 is 41.9 Å². The van der Waals surface area contributed by atoms with Gasteiger partial charge in [-0.2, -0.15) is 12.1 Å². The fourth-order valence-corrected chi connectivity index (χ4v) is 15.0. The normalized spacial score (nSPS) is 11.3. The Morgan fingerprint density at radius 1 is 0.240 bits per heavy atom. The second-order valence-corrected chi connectivity index (χ2v) is 34.8. The molecule has 96 heavy (non-hydrogen) atoms. The van der Waals surface area contributed by atoms with E-state index >= 15 is 0 Å². The number of benzene rings is 16. The van der Waals surface area contributed by atoms with Crippen LogP contribution >= 0.6 is 0 Å². The fraction of sp³-hybridized carbons (Fsp3) is 0.0652. The van der Waals surface area contributed by atoms with Gasteiger partial charge in [0.1, 0.15) is 0 Å². The molecular weight excluding hydrogens is 1300 g/mol. The van der Waals surface area contributed by atoms with Gasteiger partial charge in [0.15, 0.2) is 0 Å². The van der Waals surface area contributed by atoms with Crippen LogP contribution in [0.3, 0.4) is 0 Å². The molecule has 0 unspecified atom stereocenters. The first-order chi connectivity index (χ1) is 46.4. The Balaban J connectivity index is 0.000000153. The Hall–Kier alpha value is -9.50. The van der Waals surface area contributed by atoms with E-state index in [1.807, 2.05) is 0 Å². The van der Waals surface area contributed by atoms with E-state index < -0.39 is 0 Å². The summed E-state index contributed by atoms with van der Waals surface area (Å²) in [6.45, 7) is 4.62. The fourth-order valence-electron chi connectivity index (χ4n) is 15.0. The summed E-state index contributed by atoms with van der Waals surface area (Å²) in [5, 5.41) is 25.9. The summed E-state index contributed by atoms with van der Waals surface area (Å²) in [6, 6.07) is 121. The van der Waals surface area contributed by atoms with Crippen molar-refractivity contribution in [3.63, 3.8) is 0 Å². The van der Waals surface area contributed by atoms with Crippen LogP contribution in [0.2, 0.25) is 13.1 Å². The maximum absolute atomic E-state index is 2.47. The van der Waals surface area contributed by atoms with E-state index in [4.69, 9.17) is 0 Å². The monoisotopic (exact) mass is 1360 g/mol. The predicted octanol–water partition coefficient (Wildman–Crippen LogP) is 19.4. The third kappa shape index (κ3) is 12.3. The Morgan fingerprint density at radius 3 is 0.698 bits per heavy atom. The van der Waals surface area contributed by atoms with Crippen molar-refractivity contribution in [1.82, 2.24) is 0 Å². The zero-order valence-electron chi connectivity index (χ0n) is 53.8. The number of hydrogen-bond acceptors (Lipinski definition) is 0. The van der Waals surface area contributed by atoms with E-state index in [0.717, 1.165) is 25.7 Å². The molecule has 0 nitrogen and oxygen atoms in total. The van der Waals surface area contributed by atoms with E-state index in [1.165, 1.54) is 174 Å². The Labute approximate surface area is 589 Å². The molecule has 0 amide bonds. The largest absolute Gasteiger partial charge is 1.00 e. The molecule has 0 N–H and O–H groups in total. The van der Waals surface area contributed by atoms with Crippen LogP contribution in [0, 0.1) is 0 Å². The molecule has 0 heterocycles. The van der Waals surface area contributed by atoms with Gasteiger partial charge < -0.3 is 24.8 Å². The second kappa shape index (κ2) is 28.1. The third-order valence-corrected chi connectivity index (χ3v) is 19.1. The molecule has 0 radical (unpaired) electrons. The molecule has 460 valence electrons. The van der Waals surface area contributed by atoms with Crippen molar-refractivity contribution in [3.8, 4) is 44.5 Å². The van der Waals surface area contributed by atoms with E-state index in [-0.39, 0.29) is 30.2 Å². The summed E-state index contributed by atoms with van der Waals surface area (Å²) < 4.78 is 0. The molecule has 18 aromatic carbocycles. The van der Waals surface area contributed by atoms with Gasteiger partial charge in [0.05, 0.1) is 0 Å². The minimum absolute atomic E-state index is 0.